The van der Waals surface area contributed by atoms with Crippen molar-refractivity contribution in [2.75, 3.05) is 7.05 Å². The maximum Gasteiger partial charge on any atom is 0.333 e. The molecule has 4 heteroatoms. The highest BCUT2D eigenvalue weighted by atomic mass is 16.5. The van der Waals surface area contributed by atoms with Crippen LogP contribution < -0.4 is 0 Å². The monoisotopic (exact) mass is 239 g/mol. The number of aliphatic hydroxyl groups excluding tert-OH is 1. The van der Waals surface area contributed by atoms with Gasteiger partial charge in [0.05, 0.1) is 6.10 Å². The number of aliphatic hydroxyl groups is 1. The van der Waals surface area contributed by atoms with Crippen molar-refractivity contribution in [1.29, 1.82) is 0 Å². The molecule has 0 aromatic rings. The predicted octanol–water partition coefficient (Wildman–Crippen LogP) is 1.09. The van der Waals surface area contributed by atoms with Gasteiger partial charge in [0.15, 0.2) is 0 Å². The summed E-state index contributed by atoms with van der Waals surface area (Å²) in [5, 5.41) is 9.74. The van der Waals surface area contributed by atoms with Gasteiger partial charge in [0, 0.05) is 24.1 Å². The zero-order valence-corrected chi connectivity index (χ0v) is 10.7. The Hall–Kier alpha value is -0.870. The molecule has 0 spiro atoms. The summed E-state index contributed by atoms with van der Waals surface area (Å²) in [6, 6.07) is 0.532. The number of hydrogen-bond acceptors (Lipinski definition) is 4. The van der Waals surface area contributed by atoms with Gasteiger partial charge in [0.25, 0.3) is 0 Å². The first-order chi connectivity index (χ1) is 8.02. The number of carbonyl (C=O) groups excluding carboxylic acids is 1. The first-order valence-electron chi connectivity index (χ1n) is 6.26. The van der Waals surface area contributed by atoms with E-state index in [1.165, 1.54) is 0 Å². The van der Waals surface area contributed by atoms with Gasteiger partial charge in [0.1, 0.15) is 6.10 Å². The molecule has 0 radical (unpaired) electrons. The van der Waals surface area contributed by atoms with E-state index in [4.69, 9.17) is 4.74 Å². The van der Waals surface area contributed by atoms with Gasteiger partial charge in [-0.2, -0.15) is 0 Å². The normalized spacial score (nSPS) is 38.2. The van der Waals surface area contributed by atoms with Crippen molar-refractivity contribution in [2.45, 2.75) is 57.4 Å². The summed E-state index contributed by atoms with van der Waals surface area (Å²) in [5.74, 6) is -0.229. The third-order valence-corrected chi connectivity index (χ3v) is 4.10. The summed E-state index contributed by atoms with van der Waals surface area (Å²) >= 11 is 0. The molecule has 0 aromatic carbocycles. The van der Waals surface area contributed by atoms with Gasteiger partial charge in [-0.25, -0.2) is 4.79 Å². The number of carbonyl (C=O) groups is 1. The quantitative estimate of drug-likeness (QED) is 0.579. The van der Waals surface area contributed by atoms with Crippen molar-refractivity contribution < 1.29 is 14.6 Å². The van der Waals surface area contributed by atoms with E-state index in [0.29, 0.717) is 18.0 Å². The van der Waals surface area contributed by atoms with Crippen LogP contribution in [0.15, 0.2) is 11.6 Å². The molecule has 2 bridgehead atoms. The minimum absolute atomic E-state index is 0.0652. The van der Waals surface area contributed by atoms with Crippen LogP contribution in [0.25, 0.3) is 0 Å². The molecule has 4 nitrogen and oxygen atoms in total. The summed E-state index contributed by atoms with van der Waals surface area (Å²) < 4.78 is 5.54. The lowest BCUT2D eigenvalue weighted by atomic mass is 10.0. The van der Waals surface area contributed by atoms with Crippen LogP contribution in [0.5, 0.6) is 0 Å². The summed E-state index contributed by atoms with van der Waals surface area (Å²) in [6.07, 6.45) is 3.81. The van der Waals surface area contributed by atoms with Gasteiger partial charge in [-0.15, -0.1) is 0 Å². The average molecular weight is 239 g/mol. The molecule has 0 aliphatic carbocycles. The van der Waals surface area contributed by atoms with Gasteiger partial charge < -0.3 is 9.84 Å². The standard InChI is InChI=1S/C13H21NO3/c1-4-8(2)13(16)17-12-6-9-5-10(15)7-11(12)14(9)3/h4,9-12,15H,5-7H2,1-3H3/b8-4+/t9-,10-,11+,12-/m1/s1. The smallest absolute Gasteiger partial charge is 0.333 e. The summed E-state index contributed by atoms with van der Waals surface area (Å²) in [4.78, 5) is 14.0. The highest BCUT2D eigenvalue weighted by Gasteiger charge is 2.46. The Labute approximate surface area is 102 Å². The van der Waals surface area contributed by atoms with Crippen molar-refractivity contribution in [1.82, 2.24) is 4.90 Å². The van der Waals surface area contributed by atoms with E-state index in [-0.39, 0.29) is 24.2 Å². The third-order valence-electron chi connectivity index (χ3n) is 4.10. The summed E-state index contributed by atoms with van der Waals surface area (Å²) in [6.45, 7) is 3.60. The number of nitrogens with zero attached hydrogens (tertiary/aromatic N) is 1. The lowest BCUT2D eigenvalue weighted by molar-refractivity contribution is -0.145. The van der Waals surface area contributed by atoms with Crippen molar-refractivity contribution in [3.05, 3.63) is 11.6 Å². The number of likely N-dealkylation sites (N-methyl/N-ethyl adjacent to an activating group) is 1. The van der Waals surface area contributed by atoms with Crippen LogP contribution in [0.2, 0.25) is 0 Å². The Morgan fingerprint density at radius 1 is 1.41 bits per heavy atom. The minimum atomic E-state index is -0.243. The van der Waals surface area contributed by atoms with Gasteiger partial charge in [-0.1, -0.05) is 6.08 Å². The molecule has 2 fully saturated rings. The number of ether oxygens (including phenoxy) is 1. The molecule has 0 amide bonds. The molecule has 1 N–H and O–H groups in total. The fourth-order valence-corrected chi connectivity index (χ4v) is 2.87. The van der Waals surface area contributed by atoms with Crippen LogP contribution in [0.1, 0.15) is 33.1 Å². The second-order valence-electron chi connectivity index (χ2n) is 5.16. The van der Waals surface area contributed by atoms with Gasteiger partial charge in [0.2, 0.25) is 0 Å². The van der Waals surface area contributed by atoms with Gasteiger partial charge >= 0.3 is 5.97 Å². The minimum Gasteiger partial charge on any atom is -0.457 e. The van der Waals surface area contributed by atoms with Crippen molar-refractivity contribution >= 4 is 5.97 Å². The van der Waals surface area contributed by atoms with Crippen molar-refractivity contribution in [3.63, 3.8) is 0 Å². The molecule has 2 aliphatic rings. The Bertz CT molecular complexity index is 340. The lowest BCUT2D eigenvalue weighted by Gasteiger charge is -2.34. The van der Waals surface area contributed by atoms with E-state index in [1.54, 1.807) is 13.0 Å². The number of fused-ring (bicyclic) bond motifs is 2. The maximum atomic E-state index is 11.7. The second-order valence-corrected chi connectivity index (χ2v) is 5.16. The molecule has 2 rings (SSSR count). The first-order valence-corrected chi connectivity index (χ1v) is 6.26. The van der Waals surface area contributed by atoms with Crippen LogP contribution in [0.4, 0.5) is 0 Å². The number of piperidine rings is 1. The van der Waals surface area contributed by atoms with E-state index in [1.807, 2.05) is 6.92 Å². The molecule has 0 unspecified atom stereocenters. The average Bonchev–Trinajstić information content (AvgIpc) is 2.49. The number of allylic oxidation sites excluding steroid dienone is 1. The highest BCUT2D eigenvalue weighted by Crippen LogP contribution is 2.36. The predicted molar refractivity (Wildman–Crippen MR) is 64.5 cm³/mol. The van der Waals surface area contributed by atoms with E-state index < -0.39 is 0 Å². The Morgan fingerprint density at radius 2 is 2.12 bits per heavy atom. The number of rotatable bonds is 2. The van der Waals surface area contributed by atoms with Crippen molar-refractivity contribution in [3.8, 4) is 0 Å². The highest BCUT2D eigenvalue weighted by molar-refractivity contribution is 5.87. The number of hydrogen-bond donors (Lipinski definition) is 1. The molecule has 0 aromatic heterocycles. The summed E-state index contributed by atoms with van der Waals surface area (Å²) in [7, 11) is 2.05. The molecule has 2 heterocycles. The topological polar surface area (TPSA) is 49.8 Å². The lowest BCUT2D eigenvalue weighted by Crippen LogP contribution is -2.44. The van der Waals surface area contributed by atoms with Gasteiger partial charge in [-0.05, 0) is 33.7 Å². The molecule has 4 atom stereocenters. The molecular weight excluding hydrogens is 218 g/mol. The largest absolute Gasteiger partial charge is 0.457 e. The van der Waals surface area contributed by atoms with Gasteiger partial charge in [-0.3, -0.25) is 4.90 Å². The van der Waals surface area contributed by atoms with E-state index >= 15 is 0 Å². The molecule has 17 heavy (non-hydrogen) atoms. The van der Waals surface area contributed by atoms with Crippen LogP contribution in [-0.2, 0) is 9.53 Å². The second kappa shape index (κ2) is 4.78. The van der Waals surface area contributed by atoms with E-state index in [9.17, 15) is 9.90 Å². The zero-order chi connectivity index (χ0) is 12.6. The fraction of sp³-hybridized carbons (Fsp3) is 0.769. The Kier molecular flexibility index (Phi) is 3.54. The van der Waals surface area contributed by atoms with Crippen LogP contribution >= 0.6 is 0 Å². The zero-order valence-electron chi connectivity index (χ0n) is 10.7. The molecular formula is C13H21NO3. The van der Waals surface area contributed by atoms with Crippen molar-refractivity contribution in [2.24, 2.45) is 0 Å². The van der Waals surface area contributed by atoms with Crippen LogP contribution in [-0.4, -0.2) is 47.3 Å². The molecule has 0 saturated carbocycles. The summed E-state index contributed by atoms with van der Waals surface area (Å²) in [5.41, 5.74) is 0.648. The fourth-order valence-electron chi connectivity index (χ4n) is 2.87. The Morgan fingerprint density at radius 3 is 2.76 bits per heavy atom. The third kappa shape index (κ3) is 2.38. The van der Waals surface area contributed by atoms with Crippen LogP contribution in [0.3, 0.4) is 0 Å². The van der Waals surface area contributed by atoms with E-state index in [2.05, 4.69) is 11.9 Å². The Balaban J connectivity index is 2.02. The van der Waals surface area contributed by atoms with E-state index in [0.717, 1.165) is 12.8 Å². The first kappa shape index (κ1) is 12.6. The maximum absolute atomic E-state index is 11.7. The SMILES string of the molecule is C/C=C(\C)C(=O)O[C@@H]1C[C@H]2C[C@@H](O)C[C@@H]1N2C. The molecule has 2 saturated heterocycles. The van der Waals surface area contributed by atoms with Crippen LogP contribution in [0, 0.1) is 0 Å². The number of esters is 1. The molecule has 2 aliphatic heterocycles. The molecule has 96 valence electrons.